The maximum Gasteiger partial charge on any atom is 0.281 e. The standard InChI is InChI=1S/C10H8O4/c11-6-10(13)5-9(12)14-8-4-2-1-3-7(8)10/h1-6,12-13H. The number of aliphatic hydroxyl groups excluding tert-OH is 1. The number of fused-ring (bicyclic) bond motifs is 1. The second-order valence-corrected chi connectivity index (χ2v) is 3.02. The van der Waals surface area contributed by atoms with Gasteiger partial charge in [0.25, 0.3) is 5.95 Å². The highest BCUT2D eigenvalue weighted by molar-refractivity contribution is 5.72. The lowest BCUT2D eigenvalue weighted by atomic mass is 9.93. The molecule has 1 atom stereocenters. The first-order valence-corrected chi connectivity index (χ1v) is 4.03. The zero-order chi connectivity index (χ0) is 10.2. The van der Waals surface area contributed by atoms with Crippen LogP contribution in [0.5, 0.6) is 5.75 Å². The fourth-order valence-electron chi connectivity index (χ4n) is 1.39. The Balaban J connectivity index is 2.62. The summed E-state index contributed by atoms with van der Waals surface area (Å²) in [7, 11) is 0. The lowest BCUT2D eigenvalue weighted by Gasteiger charge is -2.25. The topological polar surface area (TPSA) is 66.8 Å². The second kappa shape index (κ2) is 2.85. The van der Waals surface area contributed by atoms with Crippen LogP contribution in [-0.4, -0.2) is 16.5 Å². The minimum Gasteiger partial charge on any atom is -0.481 e. The number of rotatable bonds is 1. The third-order valence-electron chi connectivity index (χ3n) is 2.06. The van der Waals surface area contributed by atoms with Crippen LogP contribution in [0.2, 0.25) is 0 Å². The van der Waals surface area contributed by atoms with Crippen molar-refractivity contribution < 1.29 is 19.7 Å². The molecule has 2 N–H and O–H groups in total. The molecule has 4 heteroatoms. The maximum absolute atomic E-state index is 10.7. The van der Waals surface area contributed by atoms with E-state index in [9.17, 15) is 9.90 Å². The third kappa shape index (κ3) is 1.16. The van der Waals surface area contributed by atoms with Crippen molar-refractivity contribution in [2.24, 2.45) is 0 Å². The highest BCUT2D eigenvalue weighted by atomic mass is 16.6. The number of carbonyl (C=O) groups excluding carboxylic acids is 1. The first-order chi connectivity index (χ1) is 6.65. The molecule has 2 rings (SSSR count). The third-order valence-corrected chi connectivity index (χ3v) is 2.06. The van der Waals surface area contributed by atoms with E-state index in [0.717, 1.165) is 6.08 Å². The Hall–Kier alpha value is -1.81. The summed E-state index contributed by atoms with van der Waals surface area (Å²) in [6, 6.07) is 6.48. The van der Waals surface area contributed by atoms with Crippen molar-refractivity contribution in [1.29, 1.82) is 0 Å². The number of hydrogen-bond donors (Lipinski definition) is 2. The highest BCUT2D eigenvalue weighted by Crippen LogP contribution is 2.34. The van der Waals surface area contributed by atoms with Gasteiger partial charge in [0, 0.05) is 11.6 Å². The summed E-state index contributed by atoms with van der Waals surface area (Å²) in [5, 5.41) is 19.0. The first kappa shape index (κ1) is 8.77. The molecular weight excluding hydrogens is 184 g/mol. The average Bonchev–Trinajstić information content (AvgIpc) is 2.17. The van der Waals surface area contributed by atoms with Gasteiger partial charge in [0.1, 0.15) is 5.75 Å². The quantitative estimate of drug-likeness (QED) is 0.648. The lowest BCUT2D eigenvalue weighted by Crippen LogP contribution is -2.29. The smallest absolute Gasteiger partial charge is 0.281 e. The zero-order valence-electron chi connectivity index (χ0n) is 7.18. The van der Waals surface area contributed by atoms with Gasteiger partial charge in [-0.3, -0.25) is 4.79 Å². The van der Waals surface area contributed by atoms with Crippen LogP contribution in [0.4, 0.5) is 0 Å². The summed E-state index contributed by atoms with van der Waals surface area (Å²) in [4.78, 5) is 10.7. The van der Waals surface area contributed by atoms with Crippen molar-refractivity contribution in [1.82, 2.24) is 0 Å². The van der Waals surface area contributed by atoms with E-state index in [1.807, 2.05) is 0 Å². The van der Waals surface area contributed by atoms with Gasteiger partial charge in [-0.05, 0) is 6.07 Å². The van der Waals surface area contributed by atoms with Crippen molar-refractivity contribution in [2.75, 3.05) is 0 Å². The lowest BCUT2D eigenvalue weighted by molar-refractivity contribution is -0.121. The van der Waals surface area contributed by atoms with Gasteiger partial charge in [-0.2, -0.15) is 0 Å². The molecule has 0 saturated carbocycles. The molecule has 4 nitrogen and oxygen atoms in total. The van der Waals surface area contributed by atoms with Crippen molar-refractivity contribution in [3.63, 3.8) is 0 Å². The molecule has 0 saturated heterocycles. The van der Waals surface area contributed by atoms with E-state index in [1.165, 1.54) is 0 Å². The molecular formula is C10H8O4. The minimum atomic E-state index is -1.79. The molecule has 1 aliphatic rings. The van der Waals surface area contributed by atoms with Crippen LogP contribution >= 0.6 is 0 Å². The number of ether oxygens (including phenoxy) is 1. The largest absolute Gasteiger partial charge is 0.481 e. The number of benzene rings is 1. The molecule has 1 aromatic carbocycles. The fourth-order valence-corrected chi connectivity index (χ4v) is 1.39. The van der Waals surface area contributed by atoms with Gasteiger partial charge >= 0.3 is 0 Å². The molecule has 14 heavy (non-hydrogen) atoms. The molecule has 0 spiro atoms. The highest BCUT2D eigenvalue weighted by Gasteiger charge is 2.34. The zero-order valence-corrected chi connectivity index (χ0v) is 7.18. The number of aliphatic hydroxyl groups is 2. The van der Waals surface area contributed by atoms with Crippen LogP contribution in [0.15, 0.2) is 36.3 Å². The SMILES string of the molecule is O=CC1(O)C=C(O)Oc2ccccc21. The number of para-hydroxylation sites is 1. The molecule has 0 radical (unpaired) electrons. The molecule has 1 unspecified atom stereocenters. The van der Waals surface area contributed by atoms with E-state index >= 15 is 0 Å². The molecule has 0 fully saturated rings. The van der Waals surface area contributed by atoms with Crippen molar-refractivity contribution >= 4 is 6.29 Å². The van der Waals surface area contributed by atoms with Crippen LogP contribution in [0, 0.1) is 0 Å². The van der Waals surface area contributed by atoms with Gasteiger partial charge in [0.2, 0.25) is 0 Å². The van der Waals surface area contributed by atoms with Gasteiger partial charge in [0.15, 0.2) is 11.9 Å². The Bertz CT molecular complexity index is 410. The summed E-state index contributed by atoms with van der Waals surface area (Å²) >= 11 is 0. The van der Waals surface area contributed by atoms with Gasteiger partial charge in [-0.1, -0.05) is 18.2 Å². The van der Waals surface area contributed by atoms with Crippen LogP contribution in [0.25, 0.3) is 0 Å². The summed E-state index contributed by atoms with van der Waals surface area (Å²) < 4.78 is 4.93. The maximum atomic E-state index is 10.7. The van der Waals surface area contributed by atoms with Crippen LogP contribution in [-0.2, 0) is 10.4 Å². The first-order valence-electron chi connectivity index (χ1n) is 4.03. The molecule has 0 bridgehead atoms. The molecule has 0 aliphatic carbocycles. The number of hydrogen-bond acceptors (Lipinski definition) is 4. The van der Waals surface area contributed by atoms with Gasteiger partial charge in [-0.15, -0.1) is 0 Å². The summed E-state index contributed by atoms with van der Waals surface area (Å²) in [5.74, 6) is -0.194. The Morgan fingerprint density at radius 1 is 1.36 bits per heavy atom. The van der Waals surface area contributed by atoms with Gasteiger partial charge in [0.05, 0.1) is 0 Å². The molecule has 72 valence electrons. The predicted molar refractivity (Wildman–Crippen MR) is 47.7 cm³/mol. The molecule has 1 heterocycles. The van der Waals surface area contributed by atoms with Crippen LogP contribution in [0.1, 0.15) is 5.56 Å². The molecule has 1 aliphatic heterocycles. The summed E-state index contributed by atoms with van der Waals surface area (Å²) in [6.45, 7) is 0. The monoisotopic (exact) mass is 192 g/mol. The van der Waals surface area contributed by atoms with E-state index in [0.29, 0.717) is 11.8 Å². The van der Waals surface area contributed by atoms with Gasteiger partial charge < -0.3 is 14.9 Å². The average molecular weight is 192 g/mol. The normalized spacial score (nSPS) is 24.5. The molecule has 1 aromatic rings. The number of aldehydes is 1. The Labute approximate surface area is 80.1 Å². The second-order valence-electron chi connectivity index (χ2n) is 3.02. The summed E-state index contributed by atoms with van der Waals surface area (Å²) in [5.41, 5.74) is -1.47. The van der Waals surface area contributed by atoms with E-state index in [2.05, 4.69) is 0 Å². The summed E-state index contributed by atoms with van der Waals surface area (Å²) in [6.07, 6.45) is 1.31. The molecule has 0 amide bonds. The van der Waals surface area contributed by atoms with Crippen LogP contribution in [0.3, 0.4) is 0 Å². The van der Waals surface area contributed by atoms with E-state index in [4.69, 9.17) is 9.84 Å². The Morgan fingerprint density at radius 3 is 2.79 bits per heavy atom. The fraction of sp³-hybridized carbons (Fsp3) is 0.100. The molecule has 0 aromatic heterocycles. The van der Waals surface area contributed by atoms with E-state index in [-0.39, 0.29) is 5.75 Å². The van der Waals surface area contributed by atoms with Crippen molar-refractivity contribution in [3.8, 4) is 5.75 Å². The van der Waals surface area contributed by atoms with Crippen molar-refractivity contribution in [2.45, 2.75) is 5.60 Å². The minimum absolute atomic E-state index is 0.280. The van der Waals surface area contributed by atoms with Gasteiger partial charge in [-0.25, -0.2) is 0 Å². The Kier molecular flexibility index (Phi) is 1.79. The Morgan fingerprint density at radius 2 is 2.07 bits per heavy atom. The number of carbonyl (C=O) groups is 1. The van der Waals surface area contributed by atoms with Crippen LogP contribution < -0.4 is 4.74 Å². The van der Waals surface area contributed by atoms with E-state index in [1.54, 1.807) is 24.3 Å². The van der Waals surface area contributed by atoms with Crippen molar-refractivity contribution in [3.05, 3.63) is 41.9 Å². The van der Waals surface area contributed by atoms with E-state index < -0.39 is 11.5 Å². The predicted octanol–water partition coefficient (Wildman–Crippen LogP) is 0.865.